The average Bonchev–Trinajstić information content (AvgIpc) is 2.14. The molecule has 0 heterocycles. The van der Waals surface area contributed by atoms with E-state index < -0.39 is 0 Å². The zero-order valence-electron chi connectivity index (χ0n) is 4.41. The van der Waals surface area contributed by atoms with Crippen molar-refractivity contribution < 1.29 is 0 Å². The molecule has 1 aliphatic carbocycles. The zero-order valence-corrected chi connectivity index (χ0v) is 4.41. The highest BCUT2D eigenvalue weighted by molar-refractivity contribution is 4.89. The topological polar surface area (TPSA) is 0 Å². The van der Waals surface area contributed by atoms with E-state index in [1.807, 2.05) is 0 Å². The summed E-state index contributed by atoms with van der Waals surface area (Å²) in [7, 11) is 0. The summed E-state index contributed by atoms with van der Waals surface area (Å²) in [6.45, 7) is 0. The van der Waals surface area contributed by atoms with Crippen molar-refractivity contribution in [1.29, 1.82) is 0 Å². The standard InChI is InChI=1S/C7H9/c1-2-7-5-3-4-6-7/h7H,3-6H2. The predicted molar refractivity (Wildman–Crippen MR) is 29.1 cm³/mol. The van der Waals surface area contributed by atoms with Crippen LogP contribution >= 0.6 is 0 Å². The van der Waals surface area contributed by atoms with Gasteiger partial charge < -0.3 is 0 Å². The normalized spacial score (nSPS) is 22.1. The first-order valence-electron chi connectivity index (χ1n) is 2.86. The summed E-state index contributed by atoms with van der Waals surface area (Å²) in [5, 5.41) is 0. The summed E-state index contributed by atoms with van der Waals surface area (Å²) in [6.07, 6.45) is 11.8. The summed E-state index contributed by atoms with van der Waals surface area (Å²) in [4.78, 5) is 0. The number of hydrogen-bond acceptors (Lipinski definition) is 0. The summed E-state index contributed by atoms with van der Waals surface area (Å²) >= 11 is 0. The van der Waals surface area contributed by atoms with E-state index in [1.54, 1.807) is 0 Å². The molecule has 0 unspecified atom stereocenters. The molecule has 1 rings (SSSR count). The molecule has 0 spiro atoms. The molecule has 1 fully saturated rings. The van der Waals surface area contributed by atoms with E-state index in [0.717, 1.165) is 0 Å². The molecule has 0 amide bonds. The van der Waals surface area contributed by atoms with Gasteiger partial charge in [0.1, 0.15) is 0 Å². The van der Waals surface area contributed by atoms with E-state index in [0.29, 0.717) is 5.92 Å². The van der Waals surface area contributed by atoms with Gasteiger partial charge in [-0.25, -0.2) is 0 Å². The first-order valence-corrected chi connectivity index (χ1v) is 2.86. The van der Waals surface area contributed by atoms with E-state index in [4.69, 9.17) is 6.42 Å². The van der Waals surface area contributed by atoms with Crippen LogP contribution in [-0.4, -0.2) is 0 Å². The second kappa shape index (κ2) is 2.02. The van der Waals surface area contributed by atoms with Crippen molar-refractivity contribution >= 4 is 0 Å². The Morgan fingerprint density at radius 1 is 1.29 bits per heavy atom. The first kappa shape index (κ1) is 4.71. The second-order valence-corrected chi connectivity index (χ2v) is 2.13. The Bertz CT molecular complexity index is 80.7. The van der Waals surface area contributed by atoms with Crippen LogP contribution in [0.2, 0.25) is 0 Å². The fourth-order valence-corrected chi connectivity index (χ4v) is 1.07. The molecule has 1 aliphatic rings. The zero-order chi connectivity index (χ0) is 5.11. The minimum absolute atomic E-state index is 0.514. The molecular formula is C7H9. The highest BCUT2D eigenvalue weighted by Gasteiger charge is 2.10. The quantitative estimate of drug-likeness (QED) is 0.400. The van der Waals surface area contributed by atoms with Crippen LogP contribution in [0.1, 0.15) is 25.7 Å². The van der Waals surface area contributed by atoms with Crippen molar-refractivity contribution in [3.8, 4) is 5.92 Å². The molecule has 37 valence electrons. The lowest BCUT2D eigenvalue weighted by atomic mass is 10.1. The monoisotopic (exact) mass is 93.1 g/mol. The van der Waals surface area contributed by atoms with Gasteiger partial charge in [0.2, 0.25) is 0 Å². The Labute approximate surface area is 44.9 Å². The summed E-state index contributed by atoms with van der Waals surface area (Å²) in [5.74, 6) is 3.03. The van der Waals surface area contributed by atoms with E-state index in [9.17, 15) is 0 Å². The molecule has 0 atom stereocenters. The highest BCUT2D eigenvalue weighted by atomic mass is 14.1. The van der Waals surface area contributed by atoms with E-state index in [1.165, 1.54) is 25.7 Å². The average molecular weight is 93.1 g/mol. The molecule has 0 aromatic rings. The van der Waals surface area contributed by atoms with E-state index in [-0.39, 0.29) is 0 Å². The molecule has 0 saturated heterocycles. The maximum atomic E-state index is 6.75. The van der Waals surface area contributed by atoms with Crippen LogP contribution in [0.25, 0.3) is 0 Å². The van der Waals surface area contributed by atoms with Crippen LogP contribution in [0, 0.1) is 18.3 Å². The van der Waals surface area contributed by atoms with Crippen LogP contribution in [0.5, 0.6) is 0 Å². The van der Waals surface area contributed by atoms with Crippen LogP contribution in [-0.2, 0) is 0 Å². The molecule has 1 radical (unpaired) electrons. The molecule has 0 aromatic carbocycles. The third-order valence-corrected chi connectivity index (χ3v) is 1.56. The molecule has 0 N–H and O–H groups in total. The van der Waals surface area contributed by atoms with Gasteiger partial charge in [0.25, 0.3) is 0 Å². The molecule has 0 nitrogen and oxygen atoms in total. The Kier molecular flexibility index (Phi) is 1.36. The van der Waals surface area contributed by atoms with Crippen molar-refractivity contribution in [1.82, 2.24) is 0 Å². The van der Waals surface area contributed by atoms with Gasteiger partial charge in [-0.3, -0.25) is 0 Å². The summed E-state index contributed by atoms with van der Waals surface area (Å²) < 4.78 is 0. The van der Waals surface area contributed by atoms with Crippen molar-refractivity contribution in [2.75, 3.05) is 0 Å². The minimum atomic E-state index is 0.514. The van der Waals surface area contributed by atoms with Crippen LogP contribution in [0.3, 0.4) is 0 Å². The van der Waals surface area contributed by atoms with Crippen LogP contribution < -0.4 is 0 Å². The second-order valence-electron chi connectivity index (χ2n) is 2.13. The van der Waals surface area contributed by atoms with Gasteiger partial charge in [0.15, 0.2) is 0 Å². The van der Waals surface area contributed by atoms with Crippen molar-refractivity contribution in [3.05, 3.63) is 6.42 Å². The highest BCUT2D eigenvalue weighted by Crippen LogP contribution is 2.23. The SMILES string of the molecule is [C]#CC1CCCC1. The largest absolute Gasteiger partial charge is 0.0857 e. The van der Waals surface area contributed by atoms with Gasteiger partial charge in [-0.15, -0.1) is 0 Å². The maximum Gasteiger partial charge on any atom is 0.0213 e. The molecule has 0 heteroatoms. The number of rotatable bonds is 0. The maximum absolute atomic E-state index is 6.75. The minimum Gasteiger partial charge on any atom is -0.0857 e. The molecule has 1 saturated carbocycles. The van der Waals surface area contributed by atoms with Gasteiger partial charge in [-0.05, 0) is 19.3 Å². The molecule has 0 bridgehead atoms. The van der Waals surface area contributed by atoms with Gasteiger partial charge in [0.05, 0.1) is 0 Å². The van der Waals surface area contributed by atoms with Gasteiger partial charge in [-0.1, -0.05) is 18.8 Å². The van der Waals surface area contributed by atoms with Crippen LogP contribution in [0.15, 0.2) is 0 Å². The van der Waals surface area contributed by atoms with E-state index in [2.05, 4.69) is 5.92 Å². The van der Waals surface area contributed by atoms with Crippen molar-refractivity contribution in [2.24, 2.45) is 5.92 Å². The number of hydrogen-bond donors (Lipinski definition) is 0. The third-order valence-electron chi connectivity index (χ3n) is 1.56. The Hall–Kier alpha value is -0.440. The summed E-state index contributed by atoms with van der Waals surface area (Å²) in [6, 6.07) is 0. The van der Waals surface area contributed by atoms with Gasteiger partial charge in [0, 0.05) is 5.92 Å². The molecular weight excluding hydrogens is 84.1 g/mol. The third kappa shape index (κ3) is 0.962. The Morgan fingerprint density at radius 2 is 1.86 bits per heavy atom. The molecule has 7 heavy (non-hydrogen) atoms. The van der Waals surface area contributed by atoms with E-state index >= 15 is 0 Å². The molecule has 0 aliphatic heterocycles. The summed E-state index contributed by atoms with van der Waals surface area (Å²) in [5.41, 5.74) is 0. The van der Waals surface area contributed by atoms with Gasteiger partial charge >= 0.3 is 0 Å². The Balaban J connectivity index is 2.31. The lowest BCUT2D eigenvalue weighted by molar-refractivity contribution is 0.711. The lowest BCUT2D eigenvalue weighted by Crippen LogP contribution is -1.83. The first-order chi connectivity index (χ1) is 3.43. The van der Waals surface area contributed by atoms with Gasteiger partial charge in [-0.2, -0.15) is 0 Å². The Morgan fingerprint density at radius 3 is 2.14 bits per heavy atom. The molecule has 0 aromatic heterocycles. The fourth-order valence-electron chi connectivity index (χ4n) is 1.07. The van der Waals surface area contributed by atoms with Crippen LogP contribution in [0.4, 0.5) is 0 Å². The van der Waals surface area contributed by atoms with Crippen molar-refractivity contribution in [2.45, 2.75) is 25.7 Å². The predicted octanol–water partition coefficient (Wildman–Crippen LogP) is 1.77. The fraction of sp³-hybridized carbons (Fsp3) is 0.714. The lowest BCUT2D eigenvalue weighted by Gasteiger charge is -1.91. The smallest absolute Gasteiger partial charge is 0.0213 e. The van der Waals surface area contributed by atoms with Crippen molar-refractivity contribution in [3.63, 3.8) is 0 Å².